The molecule has 0 radical (unpaired) electrons. The number of rotatable bonds is 7. The van der Waals surface area contributed by atoms with Crippen molar-refractivity contribution in [2.75, 3.05) is 28.6 Å². The topological polar surface area (TPSA) is 61.4 Å². The highest BCUT2D eigenvalue weighted by Crippen LogP contribution is 2.40. The summed E-state index contributed by atoms with van der Waals surface area (Å²) in [7, 11) is 0. The third-order valence-electron chi connectivity index (χ3n) is 4.84. The first-order valence-electron chi connectivity index (χ1n) is 9.24. The maximum atomic E-state index is 12.9. The molecular weight excluding hydrogens is 345 g/mol. The molecule has 27 heavy (non-hydrogen) atoms. The Bertz CT molecular complexity index is 801. The van der Waals surface area contributed by atoms with E-state index in [1.165, 1.54) is 24.3 Å². The number of benzene rings is 2. The molecule has 0 bridgehead atoms. The summed E-state index contributed by atoms with van der Waals surface area (Å²) in [6.45, 7) is 6.05. The first kappa shape index (κ1) is 18.9. The van der Waals surface area contributed by atoms with Gasteiger partial charge >= 0.3 is 0 Å². The van der Waals surface area contributed by atoms with Crippen molar-refractivity contribution in [1.82, 2.24) is 0 Å². The first-order valence-corrected chi connectivity index (χ1v) is 9.24. The molecular formula is C21H24FN3O2. The fourth-order valence-corrected chi connectivity index (χ4v) is 3.12. The Kier molecular flexibility index (Phi) is 5.74. The fraction of sp³-hybridized carbons (Fsp3) is 0.333. The summed E-state index contributed by atoms with van der Waals surface area (Å²) in [5.74, 6) is -1.38. The van der Waals surface area contributed by atoms with Crippen molar-refractivity contribution in [2.24, 2.45) is 11.8 Å². The summed E-state index contributed by atoms with van der Waals surface area (Å²) >= 11 is 0. The summed E-state index contributed by atoms with van der Waals surface area (Å²) in [4.78, 5) is 26.8. The Labute approximate surface area is 158 Å². The van der Waals surface area contributed by atoms with Crippen molar-refractivity contribution < 1.29 is 14.0 Å². The van der Waals surface area contributed by atoms with E-state index in [0.29, 0.717) is 12.1 Å². The second-order valence-corrected chi connectivity index (χ2v) is 6.65. The van der Waals surface area contributed by atoms with Gasteiger partial charge < -0.3 is 15.5 Å². The van der Waals surface area contributed by atoms with Crippen molar-refractivity contribution in [1.29, 1.82) is 0 Å². The lowest BCUT2D eigenvalue weighted by atomic mass is 10.2. The molecule has 2 atom stereocenters. The summed E-state index contributed by atoms with van der Waals surface area (Å²) in [5, 5.41) is 5.60. The average Bonchev–Trinajstić information content (AvgIpc) is 3.47. The molecule has 0 aliphatic heterocycles. The van der Waals surface area contributed by atoms with Crippen LogP contribution in [0.2, 0.25) is 0 Å². The predicted octanol–water partition coefficient (Wildman–Crippen LogP) is 3.89. The first-order chi connectivity index (χ1) is 13.0. The lowest BCUT2D eigenvalue weighted by Crippen LogP contribution is -2.22. The number of halogens is 1. The zero-order valence-electron chi connectivity index (χ0n) is 15.5. The minimum atomic E-state index is -0.358. The molecule has 142 valence electrons. The number of nitrogens with one attached hydrogen (secondary N) is 2. The molecule has 1 aliphatic rings. The molecule has 2 aromatic carbocycles. The quantitative estimate of drug-likeness (QED) is 0.778. The van der Waals surface area contributed by atoms with Crippen molar-refractivity contribution in [3.05, 3.63) is 54.3 Å². The van der Waals surface area contributed by atoms with E-state index < -0.39 is 0 Å². The van der Waals surface area contributed by atoms with Crippen LogP contribution in [-0.4, -0.2) is 24.9 Å². The van der Waals surface area contributed by atoms with Crippen LogP contribution in [0.25, 0.3) is 0 Å². The molecule has 1 fully saturated rings. The molecule has 0 aromatic heterocycles. The Morgan fingerprint density at radius 1 is 0.889 bits per heavy atom. The summed E-state index contributed by atoms with van der Waals surface area (Å²) < 4.78 is 12.9. The third-order valence-corrected chi connectivity index (χ3v) is 4.84. The van der Waals surface area contributed by atoms with Gasteiger partial charge in [0.05, 0.1) is 11.8 Å². The molecule has 2 aromatic rings. The van der Waals surface area contributed by atoms with Gasteiger partial charge in [0.15, 0.2) is 0 Å². The number of anilines is 3. The van der Waals surface area contributed by atoms with Crippen LogP contribution in [0, 0.1) is 17.7 Å². The molecule has 0 spiro atoms. The SMILES string of the molecule is CCN(CC)c1ccc(NC(=O)C2CC2C(=O)Nc2ccc(F)cc2)cc1. The highest BCUT2D eigenvalue weighted by molar-refractivity contribution is 6.03. The van der Waals surface area contributed by atoms with Crippen LogP contribution in [0.15, 0.2) is 48.5 Å². The van der Waals surface area contributed by atoms with Crippen molar-refractivity contribution >= 4 is 28.9 Å². The zero-order valence-corrected chi connectivity index (χ0v) is 15.5. The van der Waals surface area contributed by atoms with Gasteiger partial charge in [-0.3, -0.25) is 9.59 Å². The van der Waals surface area contributed by atoms with Gasteiger partial charge in [-0.25, -0.2) is 4.39 Å². The van der Waals surface area contributed by atoms with Crippen LogP contribution in [-0.2, 0) is 9.59 Å². The van der Waals surface area contributed by atoms with Gasteiger partial charge in [0.25, 0.3) is 0 Å². The normalized spacial score (nSPS) is 17.9. The van der Waals surface area contributed by atoms with Gasteiger partial charge in [-0.1, -0.05) is 0 Å². The number of hydrogen-bond acceptors (Lipinski definition) is 3. The summed E-state index contributed by atoms with van der Waals surface area (Å²) in [5.41, 5.74) is 2.36. The Morgan fingerprint density at radius 3 is 1.78 bits per heavy atom. The van der Waals surface area contributed by atoms with Gasteiger partial charge in [0.1, 0.15) is 5.82 Å². The van der Waals surface area contributed by atoms with Gasteiger partial charge in [-0.05, 0) is 68.8 Å². The third kappa shape index (κ3) is 4.64. The van der Waals surface area contributed by atoms with Gasteiger partial charge in [-0.15, -0.1) is 0 Å². The molecule has 2 N–H and O–H groups in total. The van der Waals surface area contributed by atoms with Crippen LogP contribution in [0.1, 0.15) is 20.3 Å². The van der Waals surface area contributed by atoms with Crippen LogP contribution < -0.4 is 15.5 Å². The van der Waals surface area contributed by atoms with Gasteiger partial charge in [0.2, 0.25) is 11.8 Å². The lowest BCUT2D eigenvalue weighted by molar-refractivity contribution is -0.122. The number of carbonyl (C=O) groups excluding carboxylic acids is 2. The average molecular weight is 369 g/mol. The minimum Gasteiger partial charge on any atom is -0.372 e. The molecule has 0 heterocycles. The standard InChI is InChI=1S/C21H24FN3O2/c1-3-25(4-2)17-11-9-16(10-12-17)24-21(27)19-13-18(19)20(26)23-15-7-5-14(22)6-8-15/h5-12,18-19H,3-4,13H2,1-2H3,(H,23,26)(H,24,27). The Balaban J connectivity index is 1.52. The van der Waals surface area contributed by atoms with E-state index in [4.69, 9.17) is 0 Å². The monoisotopic (exact) mass is 369 g/mol. The van der Waals surface area contributed by atoms with Gasteiger partial charge in [0, 0.05) is 30.2 Å². The highest BCUT2D eigenvalue weighted by atomic mass is 19.1. The van der Waals surface area contributed by atoms with Crippen molar-refractivity contribution in [3.63, 3.8) is 0 Å². The van der Waals surface area contributed by atoms with Crippen molar-refractivity contribution in [2.45, 2.75) is 20.3 Å². The van der Waals surface area contributed by atoms with Crippen LogP contribution in [0.5, 0.6) is 0 Å². The van der Waals surface area contributed by atoms with E-state index >= 15 is 0 Å². The van der Waals surface area contributed by atoms with Gasteiger partial charge in [-0.2, -0.15) is 0 Å². The number of carbonyl (C=O) groups is 2. The Hall–Kier alpha value is -2.89. The molecule has 3 rings (SSSR count). The van der Waals surface area contributed by atoms with E-state index in [0.717, 1.165) is 24.5 Å². The van der Waals surface area contributed by atoms with E-state index in [9.17, 15) is 14.0 Å². The highest BCUT2D eigenvalue weighted by Gasteiger charge is 2.48. The van der Waals surface area contributed by atoms with Crippen LogP contribution >= 0.6 is 0 Å². The van der Waals surface area contributed by atoms with E-state index in [1.54, 1.807) is 0 Å². The molecule has 0 saturated heterocycles. The van der Waals surface area contributed by atoms with E-state index in [1.807, 2.05) is 24.3 Å². The van der Waals surface area contributed by atoms with E-state index in [2.05, 4.69) is 29.4 Å². The maximum Gasteiger partial charge on any atom is 0.228 e. The molecule has 1 saturated carbocycles. The van der Waals surface area contributed by atoms with E-state index in [-0.39, 0.29) is 29.5 Å². The van der Waals surface area contributed by atoms with Crippen molar-refractivity contribution in [3.8, 4) is 0 Å². The minimum absolute atomic E-state index is 0.148. The second kappa shape index (κ2) is 8.20. The molecule has 6 heteroatoms. The number of hydrogen-bond donors (Lipinski definition) is 2. The second-order valence-electron chi connectivity index (χ2n) is 6.65. The van der Waals surface area contributed by atoms with Crippen LogP contribution in [0.4, 0.5) is 21.5 Å². The largest absolute Gasteiger partial charge is 0.372 e. The molecule has 5 nitrogen and oxygen atoms in total. The number of amides is 2. The maximum absolute atomic E-state index is 12.9. The Morgan fingerprint density at radius 2 is 1.33 bits per heavy atom. The number of nitrogens with zero attached hydrogens (tertiary/aromatic N) is 1. The smallest absolute Gasteiger partial charge is 0.228 e. The molecule has 1 aliphatic carbocycles. The fourth-order valence-electron chi connectivity index (χ4n) is 3.12. The molecule has 2 amide bonds. The summed E-state index contributed by atoms with van der Waals surface area (Å²) in [6.07, 6.45) is 0.524. The summed E-state index contributed by atoms with van der Waals surface area (Å²) in [6, 6.07) is 13.3. The zero-order chi connectivity index (χ0) is 19.4. The lowest BCUT2D eigenvalue weighted by Gasteiger charge is -2.21. The predicted molar refractivity (Wildman–Crippen MR) is 105 cm³/mol. The molecule has 2 unspecified atom stereocenters. The van der Waals surface area contributed by atoms with Crippen LogP contribution in [0.3, 0.4) is 0 Å².